The molecule has 0 aliphatic carbocycles. The third-order valence-corrected chi connectivity index (χ3v) is 7.42. The van der Waals surface area contributed by atoms with Crippen molar-refractivity contribution in [1.29, 1.82) is 0 Å². The van der Waals surface area contributed by atoms with E-state index >= 15 is 0 Å². The quantitative estimate of drug-likeness (QED) is 0.176. The number of rotatable bonds is 12. The van der Waals surface area contributed by atoms with Crippen molar-refractivity contribution in [1.82, 2.24) is 9.80 Å². The van der Waals surface area contributed by atoms with Gasteiger partial charge in [-0.1, -0.05) is 39.3 Å². The van der Waals surface area contributed by atoms with E-state index in [1.807, 2.05) is 43.3 Å². The second-order valence-electron chi connectivity index (χ2n) is 10.1. The predicted molar refractivity (Wildman–Crippen MR) is 148 cm³/mol. The molecule has 1 amide bonds. The Balaban J connectivity index is 1.72. The minimum atomic E-state index is -0.690. The van der Waals surface area contributed by atoms with Gasteiger partial charge in [0.2, 0.25) is 0 Å². The van der Waals surface area contributed by atoms with E-state index in [9.17, 15) is 14.7 Å². The summed E-state index contributed by atoms with van der Waals surface area (Å²) < 4.78 is 11.7. The van der Waals surface area contributed by atoms with Gasteiger partial charge in [-0.2, -0.15) is 0 Å². The summed E-state index contributed by atoms with van der Waals surface area (Å²) in [4.78, 5) is 30.7. The first-order valence-corrected chi connectivity index (χ1v) is 13.9. The van der Waals surface area contributed by atoms with Crippen molar-refractivity contribution in [3.05, 3.63) is 64.7 Å². The first-order chi connectivity index (χ1) is 18.4. The lowest BCUT2D eigenvalue weighted by molar-refractivity contribution is -0.140. The number of aliphatic hydroxyl groups is 1. The minimum Gasteiger partial charge on any atom is -0.507 e. The molecule has 0 bridgehead atoms. The number of fused-ring (bicyclic) bond motifs is 1. The summed E-state index contributed by atoms with van der Waals surface area (Å²) in [6, 6.07) is 12.3. The Morgan fingerprint density at radius 1 is 1.11 bits per heavy atom. The number of unbranched alkanes of at least 4 members (excludes halogenated alkanes) is 1. The Hall–Kier alpha value is -3.32. The van der Waals surface area contributed by atoms with Gasteiger partial charge in [0.05, 0.1) is 18.2 Å². The van der Waals surface area contributed by atoms with Crippen molar-refractivity contribution in [2.45, 2.75) is 65.5 Å². The summed E-state index contributed by atoms with van der Waals surface area (Å²) in [6.07, 6.45) is 3.49. The van der Waals surface area contributed by atoms with Crippen LogP contribution in [0.15, 0.2) is 48.0 Å². The SMILES string of the molecule is CCCCOc1cccc([C@@H]2C(=C(O)c3ccc4c(c3)C[C@H](C)O4)C(=O)C(=O)N2CCCN(CC)CC)c1. The van der Waals surface area contributed by atoms with Crippen LogP contribution in [0.2, 0.25) is 0 Å². The van der Waals surface area contributed by atoms with Gasteiger partial charge in [-0.3, -0.25) is 9.59 Å². The average molecular weight is 521 g/mol. The van der Waals surface area contributed by atoms with Crippen LogP contribution in [-0.2, 0) is 16.0 Å². The summed E-state index contributed by atoms with van der Waals surface area (Å²) >= 11 is 0. The van der Waals surface area contributed by atoms with E-state index in [1.54, 1.807) is 11.0 Å². The van der Waals surface area contributed by atoms with Gasteiger partial charge >= 0.3 is 0 Å². The number of hydrogen-bond donors (Lipinski definition) is 1. The Bertz CT molecular complexity index is 1190. The molecule has 1 saturated heterocycles. The molecule has 2 aliphatic heterocycles. The highest BCUT2D eigenvalue weighted by molar-refractivity contribution is 6.46. The number of aliphatic hydroxyl groups excluding tert-OH is 1. The fraction of sp³-hybridized carbons (Fsp3) is 0.484. The monoisotopic (exact) mass is 520 g/mol. The topological polar surface area (TPSA) is 79.3 Å². The first kappa shape index (κ1) is 27.7. The van der Waals surface area contributed by atoms with Crippen LogP contribution in [0.4, 0.5) is 0 Å². The number of carbonyl (C=O) groups excluding carboxylic acids is 2. The van der Waals surface area contributed by atoms with Crippen LogP contribution in [0.1, 0.15) is 69.7 Å². The zero-order valence-electron chi connectivity index (χ0n) is 23.0. The van der Waals surface area contributed by atoms with E-state index in [4.69, 9.17) is 9.47 Å². The number of amides is 1. The maximum Gasteiger partial charge on any atom is 0.295 e. The van der Waals surface area contributed by atoms with E-state index < -0.39 is 17.7 Å². The van der Waals surface area contributed by atoms with E-state index in [2.05, 4.69) is 25.7 Å². The maximum absolute atomic E-state index is 13.4. The molecule has 1 N–H and O–H groups in total. The molecule has 0 unspecified atom stereocenters. The smallest absolute Gasteiger partial charge is 0.295 e. The molecular weight excluding hydrogens is 480 g/mol. The summed E-state index contributed by atoms with van der Waals surface area (Å²) in [7, 11) is 0. The largest absolute Gasteiger partial charge is 0.507 e. The van der Waals surface area contributed by atoms with Gasteiger partial charge in [0, 0.05) is 18.5 Å². The molecule has 204 valence electrons. The third kappa shape index (κ3) is 5.88. The Morgan fingerprint density at radius 3 is 2.63 bits per heavy atom. The molecule has 0 radical (unpaired) electrons. The van der Waals surface area contributed by atoms with Gasteiger partial charge in [-0.05, 0) is 80.9 Å². The van der Waals surface area contributed by atoms with E-state index in [0.717, 1.165) is 62.2 Å². The number of ketones is 1. The van der Waals surface area contributed by atoms with Gasteiger partial charge in [-0.25, -0.2) is 0 Å². The summed E-state index contributed by atoms with van der Waals surface area (Å²) in [6.45, 7) is 12.0. The Labute approximate surface area is 226 Å². The minimum absolute atomic E-state index is 0.0641. The number of nitrogens with zero attached hydrogens (tertiary/aromatic N) is 2. The van der Waals surface area contributed by atoms with Crippen LogP contribution < -0.4 is 9.47 Å². The molecule has 38 heavy (non-hydrogen) atoms. The lowest BCUT2D eigenvalue weighted by atomic mass is 9.94. The second-order valence-corrected chi connectivity index (χ2v) is 10.1. The summed E-state index contributed by atoms with van der Waals surface area (Å²) in [5.74, 6) is 0.0938. The van der Waals surface area contributed by atoms with Crippen molar-refractivity contribution >= 4 is 17.4 Å². The van der Waals surface area contributed by atoms with Crippen molar-refractivity contribution in [2.24, 2.45) is 0 Å². The highest BCUT2D eigenvalue weighted by atomic mass is 16.5. The zero-order chi connectivity index (χ0) is 27.2. The van der Waals surface area contributed by atoms with Gasteiger partial charge in [-0.15, -0.1) is 0 Å². The number of Topliss-reactive ketones (excluding diaryl/α,β-unsaturated/α-hetero) is 1. The lowest BCUT2D eigenvalue weighted by Gasteiger charge is -2.27. The molecule has 1 fully saturated rings. The molecule has 2 aromatic carbocycles. The molecule has 0 aromatic heterocycles. The summed E-state index contributed by atoms with van der Waals surface area (Å²) in [5.41, 5.74) is 2.37. The van der Waals surface area contributed by atoms with Gasteiger partial charge in [0.15, 0.2) is 0 Å². The molecule has 7 heteroatoms. The molecule has 0 spiro atoms. The molecule has 2 aliphatic rings. The normalized spacial score (nSPS) is 20.2. The molecule has 2 heterocycles. The zero-order valence-corrected chi connectivity index (χ0v) is 23.0. The molecule has 0 saturated carbocycles. The van der Waals surface area contributed by atoms with Crippen LogP contribution in [0.25, 0.3) is 5.76 Å². The lowest BCUT2D eigenvalue weighted by Crippen LogP contribution is -2.33. The standard InChI is InChI=1S/C31H40N2O5/c1-5-8-17-37-25-12-9-11-22(20-25)28-27(29(34)23-13-14-26-24(19-23)18-21(4)38-26)30(35)31(36)33(28)16-10-15-32(6-2)7-3/h9,11-14,19-21,28,34H,5-8,10,15-18H2,1-4H3/t21-,28+/m0/s1. The average Bonchev–Trinajstić information content (AvgIpc) is 3.42. The fourth-order valence-electron chi connectivity index (χ4n) is 5.30. The van der Waals surface area contributed by atoms with Crippen molar-refractivity contribution in [3.8, 4) is 11.5 Å². The van der Waals surface area contributed by atoms with E-state index in [0.29, 0.717) is 24.5 Å². The molecule has 7 nitrogen and oxygen atoms in total. The molecular formula is C31H40N2O5. The van der Waals surface area contributed by atoms with Crippen LogP contribution in [0.5, 0.6) is 11.5 Å². The van der Waals surface area contributed by atoms with E-state index in [1.165, 1.54) is 0 Å². The number of ether oxygens (including phenoxy) is 2. The number of benzene rings is 2. The van der Waals surface area contributed by atoms with Crippen LogP contribution in [-0.4, -0.2) is 65.5 Å². The summed E-state index contributed by atoms with van der Waals surface area (Å²) in [5, 5.41) is 11.5. The van der Waals surface area contributed by atoms with Crippen molar-refractivity contribution in [3.63, 3.8) is 0 Å². The highest BCUT2D eigenvalue weighted by Gasteiger charge is 2.46. The van der Waals surface area contributed by atoms with Crippen molar-refractivity contribution in [2.75, 3.05) is 32.8 Å². The highest BCUT2D eigenvalue weighted by Crippen LogP contribution is 2.41. The number of likely N-dealkylation sites (tertiary alicyclic amines) is 1. The van der Waals surface area contributed by atoms with Gasteiger partial charge < -0.3 is 24.4 Å². The predicted octanol–water partition coefficient (Wildman–Crippen LogP) is 5.34. The molecule has 2 atom stereocenters. The van der Waals surface area contributed by atoms with Crippen molar-refractivity contribution < 1.29 is 24.2 Å². The Morgan fingerprint density at radius 2 is 1.89 bits per heavy atom. The number of hydrogen-bond acceptors (Lipinski definition) is 6. The Kier molecular flexibility index (Phi) is 9.10. The third-order valence-electron chi connectivity index (χ3n) is 7.42. The van der Waals surface area contributed by atoms with E-state index in [-0.39, 0.29) is 17.4 Å². The molecule has 4 rings (SSSR count). The van der Waals surface area contributed by atoms with Crippen LogP contribution >= 0.6 is 0 Å². The fourth-order valence-corrected chi connectivity index (χ4v) is 5.30. The van der Waals surface area contributed by atoms with Gasteiger partial charge in [0.1, 0.15) is 23.4 Å². The van der Waals surface area contributed by atoms with Crippen LogP contribution in [0.3, 0.4) is 0 Å². The first-order valence-electron chi connectivity index (χ1n) is 13.9. The van der Waals surface area contributed by atoms with Crippen LogP contribution in [0, 0.1) is 0 Å². The second kappa shape index (κ2) is 12.5. The van der Waals surface area contributed by atoms with Gasteiger partial charge in [0.25, 0.3) is 11.7 Å². The maximum atomic E-state index is 13.4. The molecule has 2 aromatic rings. The number of carbonyl (C=O) groups is 2.